The lowest BCUT2D eigenvalue weighted by atomic mass is 9.85. The summed E-state index contributed by atoms with van der Waals surface area (Å²) in [5.74, 6) is 0.793. The topological polar surface area (TPSA) is 27.5 Å². The van der Waals surface area contributed by atoms with E-state index in [0.717, 1.165) is 12.5 Å². The van der Waals surface area contributed by atoms with Gasteiger partial charge in [0.05, 0.1) is 12.6 Å². The quantitative estimate of drug-likeness (QED) is 0.484. The number of fused-ring (bicyclic) bond motifs is 1. The zero-order valence-electron chi connectivity index (χ0n) is 6.31. The van der Waals surface area contributed by atoms with E-state index in [2.05, 4.69) is 0 Å². The first-order valence-corrected chi connectivity index (χ1v) is 4.40. The van der Waals surface area contributed by atoms with Gasteiger partial charge in [-0.25, -0.2) is 0 Å². The number of hydrogen-bond acceptors (Lipinski definition) is 1. The zero-order valence-corrected chi connectivity index (χ0v) is 6.31. The minimum absolute atomic E-state index is 0.494. The van der Waals surface area contributed by atoms with Gasteiger partial charge in [0.15, 0.2) is 0 Å². The Labute approximate surface area is 61.8 Å². The van der Waals surface area contributed by atoms with E-state index >= 15 is 0 Å². The Balaban J connectivity index is 2.01. The molecule has 1 heterocycles. The predicted octanol–water partition coefficient (Wildman–Crippen LogP) is 0.332. The molecule has 1 aliphatic carbocycles. The van der Waals surface area contributed by atoms with Crippen molar-refractivity contribution in [3.05, 3.63) is 5.21 Å². The summed E-state index contributed by atoms with van der Waals surface area (Å²) in [7, 11) is 0. The fraction of sp³-hybridized carbons (Fsp3) is 1.00. The van der Waals surface area contributed by atoms with E-state index in [4.69, 9.17) is 0 Å². The Bertz CT molecular complexity index is 124. The molecule has 0 radical (unpaired) electrons. The summed E-state index contributed by atoms with van der Waals surface area (Å²) in [6, 6.07) is 0.494. The lowest BCUT2D eigenvalue weighted by Crippen LogP contribution is -3.09. The molecule has 2 aliphatic rings. The second kappa shape index (κ2) is 2.51. The molecule has 2 nitrogen and oxygen atoms in total. The first kappa shape index (κ1) is 6.62. The molecule has 0 aromatic carbocycles. The van der Waals surface area contributed by atoms with Gasteiger partial charge in [-0.3, -0.25) is 0 Å². The molecule has 1 saturated carbocycles. The summed E-state index contributed by atoms with van der Waals surface area (Å²) in [4.78, 5) is 0. The van der Waals surface area contributed by atoms with Gasteiger partial charge in [0.2, 0.25) is 0 Å². The molecule has 3 unspecified atom stereocenters. The van der Waals surface area contributed by atoms with Gasteiger partial charge in [-0.1, -0.05) is 6.42 Å². The summed E-state index contributed by atoms with van der Waals surface area (Å²) in [6.45, 7) is 0.884. The summed E-state index contributed by atoms with van der Waals surface area (Å²) in [5.41, 5.74) is 0. The molecule has 1 N–H and O–H groups in total. The number of hydroxylamine groups is 2. The third-order valence-electron chi connectivity index (χ3n) is 3.08. The van der Waals surface area contributed by atoms with Gasteiger partial charge in [-0.15, -0.1) is 0 Å². The Morgan fingerprint density at radius 3 is 2.70 bits per heavy atom. The smallest absolute Gasteiger partial charge is 0.0902 e. The van der Waals surface area contributed by atoms with Gasteiger partial charge in [-0.2, -0.15) is 0 Å². The predicted molar refractivity (Wildman–Crippen MR) is 39.6 cm³/mol. The fourth-order valence-electron chi connectivity index (χ4n) is 2.49. The maximum absolute atomic E-state index is 11.2. The molecule has 0 aromatic heterocycles. The zero-order chi connectivity index (χ0) is 6.97. The number of nitrogens with one attached hydrogen (secondary N) is 1. The van der Waals surface area contributed by atoms with Crippen LogP contribution in [0.3, 0.4) is 0 Å². The van der Waals surface area contributed by atoms with Crippen molar-refractivity contribution in [3.63, 3.8) is 0 Å². The Hall–Kier alpha value is -0.0800. The van der Waals surface area contributed by atoms with E-state index in [0.29, 0.717) is 11.1 Å². The summed E-state index contributed by atoms with van der Waals surface area (Å²) in [6.07, 6.45) is 6.39. The Kier molecular flexibility index (Phi) is 1.66. The van der Waals surface area contributed by atoms with E-state index in [1.165, 1.54) is 32.1 Å². The minimum atomic E-state index is 0.494. The summed E-state index contributed by atoms with van der Waals surface area (Å²) in [5, 5.41) is 11.8. The average molecular weight is 141 g/mol. The van der Waals surface area contributed by atoms with E-state index < -0.39 is 0 Å². The van der Waals surface area contributed by atoms with Crippen molar-refractivity contribution in [1.82, 2.24) is 0 Å². The molecule has 2 rings (SSSR count). The van der Waals surface area contributed by atoms with Crippen LogP contribution >= 0.6 is 0 Å². The molecular weight excluding hydrogens is 126 g/mol. The van der Waals surface area contributed by atoms with Crippen LogP contribution in [0.5, 0.6) is 0 Å². The summed E-state index contributed by atoms with van der Waals surface area (Å²) >= 11 is 0. The van der Waals surface area contributed by atoms with Crippen LogP contribution in [0.15, 0.2) is 0 Å². The van der Waals surface area contributed by atoms with Crippen LogP contribution in [0, 0.1) is 11.1 Å². The van der Waals surface area contributed by atoms with Crippen LogP contribution in [0.2, 0.25) is 0 Å². The number of quaternary nitrogens is 1. The maximum Gasteiger partial charge on any atom is 0.0902 e. The van der Waals surface area contributed by atoms with E-state index in [1.807, 2.05) is 0 Å². The second-order valence-corrected chi connectivity index (χ2v) is 3.66. The van der Waals surface area contributed by atoms with Crippen LogP contribution in [-0.4, -0.2) is 12.6 Å². The molecule has 0 bridgehead atoms. The lowest BCUT2D eigenvalue weighted by molar-refractivity contribution is -0.864. The molecule has 10 heavy (non-hydrogen) atoms. The molecule has 2 fully saturated rings. The lowest BCUT2D eigenvalue weighted by Gasteiger charge is -2.30. The monoisotopic (exact) mass is 141 g/mol. The second-order valence-electron chi connectivity index (χ2n) is 3.66. The highest BCUT2D eigenvalue weighted by atomic mass is 16.5. The highest BCUT2D eigenvalue weighted by Gasteiger charge is 2.35. The standard InChI is InChI=1S/C8H15NO/c10-9-6-5-7-3-1-2-4-8(7)9/h7-9H,1-6H2. The van der Waals surface area contributed by atoms with Gasteiger partial charge in [0.25, 0.3) is 0 Å². The Morgan fingerprint density at radius 1 is 1.10 bits per heavy atom. The largest absolute Gasteiger partial charge is 0.634 e. The van der Waals surface area contributed by atoms with Crippen molar-refractivity contribution >= 4 is 0 Å². The van der Waals surface area contributed by atoms with E-state index in [1.54, 1.807) is 0 Å². The van der Waals surface area contributed by atoms with Crippen LogP contribution in [-0.2, 0) is 0 Å². The van der Waals surface area contributed by atoms with Crippen molar-refractivity contribution in [2.24, 2.45) is 5.92 Å². The van der Waals surface area contributed by atoms with Crippen molar-refractivity contribution in [2.45, 2.75) is 38.1 Å². The van der Waals surface area contributed by atoms with Gasteiger partial charge in [0.1, 0.15) is 0 Å². The normalized spacial score (nSPS) is 47.1. The Morgan fingerprint density at radius 2 is 1.90 bits per heavy atom. The average Bonchev–Trinajstić information content (AvgIpc) is 2.34. The third-order valence-corrected chi connectivity index (χ3v) is 3.08. The molecule has 0 spiro atoms. The van der Waals surface area contributed by atoms with Gasteiger partial charge >= 0.3 is 0 Å². The first-order valence-electron chi connectivity index (χ1n) is 4.40. The third kappa shape index (κ3) is 0.956. The molecule has 0 amide bonds. The van der Waals surface area contributed by atoms with E-state index in [-0.39, 0.29) is 0 Å². The number of hydrogen-bond donors (Lipinski definition) is 1. The van der Waals surface area contributed by atoms with Gasteiger partial charge in [-0.05, 0) is 19.3 Å². The van der Waals surface area contributed by atoms with Crippen molar-refractivity contribution in [3.8, 4) is 0 Å². The van der Waals surface area contributed by atoms with Crippen molar-refractivity contribution in [2.75, 3.05) is 6.54 Å². The molecule has 0 aromatic rings. The van der Waals surface area contributed by atoms with Crippen molar-refractivity contribution < 1.29 is 5.06 Å². The molecule has 1 aliphatic heterocycles. The molecule has 58 valence electrons. The molecule has 2 heteroatoms. The SMILES string of the molecule is [O-][NH+]1CCC2CCCCC21. The highest BCUT2D eigenvalue weighted by molar-refractivity contribution is 4.78. The van der Waals surface area contributed by atoms with Crippen LogP contribution in [0.1, 0.15) is 32.1 Å². The van der Waals surface area contributed by atoms with E-state index in [9.17, 15) is 5.21 Å². The fourth-order valence-corrected chi connectivity index (χ4v) is 2.49. The first-order chi connectivity index (χ1) is 4.88. The molecule has 1 saturated heterocycles. The minimum Gasteiger partial charge on any atom is -0.634 e. The van der Waals surface area contributed by atoms with Crippen LogP contribution in [0.25, 0.3) is 0 Å². The van der Waals surface area contributed by atoms with Crippen LogP contribution < -0.4 is 5.06 Å². The molecular formula is C8H15NO. The summed E-state index contributed by atoms with van der Waals surface area (Å²) < 4.78 is 0. The molecule has 3 atom stereocenters. The number of rotatable bonds is 0. The maximum atomic E-state index is 11.2. The van der Waals surface area contributed by atoms with Crippen molar-refractivity contribution in [1.29, 1.82) is 0 Å². The van der Waals surface area contributed by atoms with Gasteiger partial charge in [0, 0.05) is 12.3 Å². The van der Waals surface area contributed by atoms with Gasteiger partial charge < -0.3 is 10.3 Å². The van der Waals surface area contributed by atoms with Crippen LogP contribution in [0.4, 0.5) is 0 Å². The highest BCUT2D eigenvalue weighted by Crippen LogP contribution is 2.27.